The molecule has 2 rings (SSSR count). The first-order valence-electron chi connectivity index (χ1n) is 6.14. The minimum Gasteiger partial charge on any atom is -0.485 e. The molecule has 1 aromatic carbocycles. The highest BCUT2D eigenvalue weighted by Crippen LogP contribution is 2.24. The van der Waals surface area contributed by atoms with Gasteiger partial charge in [0.1, 0.15) is 12.0 Å². The Labute approximate surface area is 111 Å². The van der Waals surface area contributed by atoms with Gasteiger partial charge < -0.3 is 9.26 Å². The summed E-state index contributed by atoms with van der Waals surface area (Å²) in [5, 5.41) is 3.83. The molecule has 19 heavy (non-hydrogen) atoms. The molecule has 0 saturated carbocycles. The standard InChI is InChI=1S/C14H16N2O3/c1-4-13-15-12(16-19-13)8-18-14-9(2)5-11(7-17)6-10(14)3/h5-7H,4,8H2,1-3H3. The van der Waals surface area contributed by atoms with Crippen molar-refractivity contribution in [1.29, 1.82) is 0 Å². The molecule has 0 aliphatic carbocycles. The van der Waals surface area contributed by atoms with Crippen LogP contribution in [0.15, 0.2) is 16.7 Å². The number of aromatic nitrogens is 2. The fourth-order valence-corrected chi connectivity index (χ4v) is 1.91. The number of rotatable bonds is 5. The third-order valence-corrected chi connectivity index (χ3v) is 2.78. The fraction of sp³-hybridized carbons (Fsp3) is 0.357. The summed E-state index contributed by atoms with van der Waals surface area (Å²) >= 11 is 0. The van der Waals surface area contributed by atoms with Crippen LogP contribution in [0.4, 0.5) is 0 Å². The summed E-state index contributed by atoms with van der Waals surface area (Å²) in [6, 6.07) is 3.59. The van der Waals surface area contributed by atoms with Crippen LogP contribution in [0.5, 0.6) is 5.75 Å². The lowest BCUT2D eigenvalue weighted by atomic mass is 10.1. The zero-order chi connectivity index (χ0) is 13.8. The molecule has 0 bridgehead atoms. The highest BCUT2D eigenvalue weighted by atomic mass is 16.5. The second kappa shape index (κ2) is 5.65. The molecular weight excluding hydrogens is 244 g/mol. The quantitative estimate of drug-likeness (QED) is 0.773. The largest absolute Gasteiger partial charge is 0.485 e. The van der Waals surface area contributed by atoms with Crippen molar-refractivity contribution in [3.63, 3.8) is 0 Å². The Morgan fingerprint density at radius 1 is 1.32 bits per heavy atom. The van der Waals surface area contributed by atoms with E-state index in [1.165, 1.54) is 0 Å². The molecule has 0 amide bonds. The van der Waals surface area contributed by atoms with Gasteiger partial charge in [0.2, 0.25) is 11.7 Å². The van der Waals surface area contributed by atoms with Crippen LogP contribution in [0, 0.1) is 13.8 Å². The molecule has 0 saturated heterocycles. The van der Waals surface area contributed by atoms with Gasteiger partial charge in [-0.2, -0.15) is 4.98 Å². The molecule has 0 atom stereocenters. The molecule has 2 aromatic rings. The molecule has 0 spiro atoms. The third-order valence-electron chi connectivity index (χ3n) is 2.78. The van der Waals surface area contributed by atoms with E-state index in [0.29, 0.717) is 23.7 Å². The van der Waals surface area contributed by atoms with Crippen molar-refractivity contribution in [2.24, 2.45) is 0 Å². The molecule has 0 aliphatic heterocycles. The SMILES string of the molecule is CCc1nc(COc2c(C)cc(C=O)cc2C)no1. The number of hydrogen-bond donors (Lipinski definition) is 0. The monoisotopic (exact) mass is 260 g/mol. The van der Waals surface area contributed by atoms with E-state index in [1.807, 2.05) is 20.8 Å². The van der Waals surface area contributed by atoms with E-state index in [0.717, 1.165) is 23.2 Å². The van der Waals surface area contributed by atoms with Crippen molar-refractivity contribution in [2.75, 3.05) is 0 Å². The van der Waals surface area contributed by atoms with Crippen molar-refractivity contribution in [1.82, 2.24) is 10.1 Å². The molecule has 5 heteroatoms. The number of carbonyl (C=O) groups is 1. The van der Waals surface area contributed by atoms with E-state index in [4.69, 9.17) is 9.26 Å². The molecule has 5 nitrogen and oxygen atoms in total. The molecule has 0 unspecified atom stereocenters. The van der Waals surface area contributed by atoms with Crippen LogP contribution in [0.25, 0.3) is 0 Å². The second-order valence-corrected chi connectivity index (χ2v) is 4.35. The van der Waals surface area contributed by atoms with Crippen molar-refractivity contribution in [3.8, 4) is 5.75 Å². The maximum atomic E-state index is 10.8. The predicted molar refractivity (Wildman–Crippen MR) is 69.3 cm³/mol. The first-order chi connectivity index (χ1) is 9.13. The molecule has 1 aromatic heterocycles. The zero-order valence-corrected chi connectivity index (χ0v) is 11.3. The Morgan fingerprint density at radius 3 is 2.53 bits per heavy atom. The van der Waals surface area contributed by atoms with Gasteiger partial charge in [-0.15, -0.1) is 0 Å². The van der Waals surface area contributed by atoms with Gasteiger partial charge in [-0.1, -0.05) is 12.1 Å². The highest BCUT2D eigenvalue weighted by Gasteiger charge is 2.09. The van der Waals surface area contributed by atoms with Gasteiger partial charge in [0.25, 0.3) is 0 Å². The van der Waals surface area contributed by atoms with Crippen LogP contribution < -0.4 is 4.74 Å². The molecular formula is C14H16N2O3. The van der Waals surface area contributed by atoms with E-state index in [-0.39, 0.29) is 6.61 Å². The van der Waals surface area contributed by atoms with Gasteiger partial charge in [-0.25, -0.2) is 0 Å². The number of hydrogen-bond acceptors (Lipinski definition) is 5. The summed E-state index contributed by atoms with van der Waals surface area (Å²) in [6.07, 6.45) is 1.54. The maximum Gasteiger partial charge on any atom is 0.226 e. The third kappa shape index (κ3) is 2.99. The smallest absolute Gasteiger partial charge is 0.226 e. The van der Waals surface area contributed by atoms with Gasteiger partial charge in [0.15, 0.2) is 6.61 Å². The summed E-state index contributed by atoms with van der Waals surface area (Å²) in [4.78, 5) is 14.9. The van der Waals surface area contributed by atoms with Crippen LogP contribution in [-0.4, -0.2) is 16.4 Å². The fourth-order valence-electron chi connectivity index (χ4n) is 1.91. The minimum atomic E-state index is 0.256. The van der Waals surface area contributed by atoms with Crippen LogP contribution in [0.1, 0.15) is 40.1 Å². The molecule has 100 valence electrons. The van der Waals surface area contributed by atoms with Crippen molar-refractivity contribution in [2.45, 2.75) is 33.8 Å². The zero-order valence-electron chi connectivity index (χ0n) is 11.3. The number of benzene rings is 1. The number of aryl methyl sites for hydroxylation is 3. The average molecular weight is 260 g/mol. The number of aldehydes is 1. The van der Waals surface area contributed by atoms with E-state index in [9.17, 15) is 4.79 Å². The Morgan fingerprint density at radius 2 is 2.00 bits per heavy atom. The Balaban J connectivity index is 2.13. The van der Waals surface area contributed by atoms with Crippen LogP contribution in [0.2, 0.25) is 0 Å². The summed E-state index contributed by atoms with van der Waals surface area (Å²) in [6.45, 7) is 6.02. The number of carbonyl (C=O) groups excluding carboxylic acids is 1. The minimum absolute atomic E-state index is 0.256. The lowest BCUT2D eigenvalue weighted by molar-refractivity contribution is 0.112. The molecule has 0 radical (unpaired) electrons. The first-order valence-corrected chi connectivity index (χ1v) is 6.14. The molecule has 0 fully saturated rings. The summed E-state index contributed by atoms with van der Waals surface area (Å²) in [5.41, 5.74) is 2.48. The van der Waals surface area contributed by atoms with E-state index >= 15 is 0 Å². The van der Waals surface area contributed by atoms with Gasteiger partial charge in [-0.3, -0.25) is 4.79 Å². The number of ether oxygens (including phenoxy) is 1. The number of nitrogens with zero attached hydrogens (tertiary/aromatic N) is 2. The normalized spacial score (nSPS) is 10.5. The van der Waals surface area contributed by atoms with Crippen LogP contribution >= 0.6 is 0 Å². The van der Waals surface area contributed by atoms with E-state index < -0.39 is 0 Å². The Bertz CT molecular complexity index is 567. The Kier molecular flexibility index (Phi) is 3.94. The lowest BCUT2D eigenvalue weighted by Gasteiger charge is -2.11. The van der Waals surface area contributed by atoms with Crippen LogP contribution in [-0.2, 0) is 13.0 Å². The van der Waals surface area contributed by atoms with Crippen LogP contribution in [0.3, 0.4) is 0 Å². The topological polar surface area (TPSA) is 65.2 Å². The van der Waals surface area contributed by atoms with Crippen molar-refractivity contribution >= 4 is 6.29 Å². The van der Waals surface area contributed by atoms with Gasteiger partial charge in [0.05, 0.1) is 0 Å². The van der Waals surface area contributed by atoms with Gasteiger partial charge in [-0.05, 0) is 37.1 Å². The molecule has 0 aliphatic rings. The van der Waals surface area contributed by atoms with Gasteiger partial charge >= 0.3 is 0 Å². The highest BCUT2D eigenvalue weighted by molar-refractivity contribution is 5.76. The predicted octanol–water partition coefficient (Wildman–Crippen LogP) is 2.64. The van der Waals surface area contributed by atoms with E-state index in [1.54, 1.807) is 12.1 Å². The molecule has 1 heterocycles. The summed E-state index contributed by atoms with van der Waals surface area (Å²) in [5.74, 6) is 1.88. The lowest BCUT2D eigenvalue weighted by Crippen LogP contribution is -2.01. The average Bonchev–Trinajstić information content (AvgIpc) is 2.85. The maximum absolute atomic E-state index is 10.8. The summed E-state index contributed by atoms with van der Waals surface area (Å²) < 4.78 is 10.7. The van der Waals surface area contributed by atoms with Crippen molar-refractivity contribution in [3.05, 3.63) is 40.5 Å². The Hall–Kier alpha value is -2.17. The van der Waals surface area contributed by atoms with E-state index in [2.05, 4.69) is 10.1 Å². The van der Waals surface area contributed by atoms with Gasteiger partial charge in [0, 0.05) is 12.0 Å². The van der Waals surface area contributed by atoms with Crippen molar-refractivity contribution < 1.29 is 14.1 Å². The first kappa shape index (κ1) is 13.3. The second-order valence-electron chi connectivity index (χ2n) is 4.35. The molecule has 0 N–H and O–H groups in total. The summed E-state index contributed by atoms with van der Waals surface area (Å²) in [7, 11) is 0.